The molecule has 0 atom stereocenters. The van der Waals surface area contributed by atoms with Crippen molar-refractivity contribution in [3.05, 3.63) is 51.4 Å². The first-order valence-electron chi connectivity index (χ1n) is 5.47. The second kappa shape index (κ2) is 4.47. The lowest BCUT2D eigenvalue weighted by Gasteiger charge is -2.08. The molecule has 0 fully saturated rings. The fourth-order valence-electron chi connectivity index (χ4n) is 1.71. The van der Waals surface area contributed by atoms with E-state index in [9.17, 15) is 4.79 Å². The minimum Gasteiger partial charge on any atom is -0.455 e. The third-order valence-electron chi connectivity index (χ3n) is 2.59. The van der Waals surface area contributed by atoms with Crippen LogP contribution in [-0.2, 0) is 0 Å². The van der Waals surface area contributed by atoms with E-state index in [1.54, 1.807) is 12.1 Å². The third kappa shape index (κ3) is 2.34. The lowest BCUT2D eigenvalue weighted by atomic mass is 10.2. The van der Waals surface area contributed by atoms with Crippen LogP contribution in [0.2, 0.25) is 0 Å². The highest BCUT2D eigenvalue weighted by Crippen LogP contribution is 2.31. The molecule has 1 heterocycles. The number of anilines is 1. The van der Waals surface area contributed by atoms with Crippen molar-refractivity contribution in [3.8, 4) is 11.5 Å². The van der Waals surface area contributed by atoms with Crippen molar-refractivity contribution in [2.75, 3.05) is 5.73 Å². The van der Waals surface area contributed by atoms with Crippen LogP contribution in [0.5, 0.6) is 11.5 Å². The van der Waals surface area contributed by atoms with Crippen LogP contribution >= 0.6 is 15.9 Å². The second-order valence-corrected chi connectivity index (χ2v) is 4.87. The maximum atomic E-state index is 11.1. The molecule has 3 rings (SSSR count). The maximum Gasteiger partial charge on any atom is 0.417 e. The van der Waals surface area contributed by atoms with E-state index >= 15 is 0 Å². The van der Waals surface area contributed by atoms with E-state index in [1.807, 2.05) is 24.3 Å². The molecule has 6 heteroatoms. The number of aromatic amines is 1. The number of hydrogen-bond acceptors (Lipinski definition) is 4. The van der Waals surface area contributed by atoms with Gasteiger partial charge < -0.3 is 14.9 Å². The Morgan fingerprint density at radius 2 is 1.95 bits per heavy atom. The molecular formula is C13H9BrN2O3. The normalized spacial score (nSPS) is 10.8. The van der Waals surface area contributed by atoms with Crippen molar-refractivity contribution in [1.82, 2.24) is 4.98 Å². The molecule has 96 valence electrons. The summed E-state index contributed by atoms with van der Waals surface area (Å²) in [4.78, 5) is 13.7. The number of nitrogen functional groups attached to an aromatic ring is 1. The Kier molecular flexibility index (Phi) is 2.79. The molecule has 0 spiro atoms. The van der Waals surface area contributed by atoms with Crippen LogP contribution in [0.3, 0.4) is 0 Å². The van der Waals surface area contributed by atoms with E-state index in [4.69, 9.17) is 14.9 Å². The summed E-state index contributed by atoms with van der Waals surface area (Å²) in [6.07, 6.45) is 0. The minimum absolute atomic E-state index is 0.401. The van der Waals surface area contributed by atoms with E-state index < -0.39 is 5.76 Å². The molecule has 0 aliphatic carbocycles. The van der Waals surface area contributed by atoms with Crippen LogP contribution in [0.1, 0.15) is 0 Å². The summed E-state index contributed by atoms with van der Waals surface area (Å²) < 4.78 is 11.5. The van der Waals surface area contributed by atoms with E-state index in [0.29, 0.717) is 28.3 Å². The second-order valence-electron chi connectivity index (χ2n) is 3.96. The largest absolute Gasteiger partial charge is 0.455 e. The highest BCUT2D eigenvalue weighted by Gasteiger charge is 2.08. The number of H-pyrrole nitrogens is 1. The standard InChI is InChI=1S/C13H9BrN2O3/c14-7-1-3-8(4-2-7)18-11-6-10-12(5-9(11)15)19-13(17)16-10/h1-6H,15H2,(H,16,17). The Balaban J connectivity index is 2.02. The first-order chi connectivity index (χ1) is 9.11. The number of ether oxygens (including phenoxy) is 1. The number of oxazole rings is 1. The summed E-state index contributed by atoms with van der Waals surface area (Å²) in [6.45, 7) is 0. The maximum absolute atomic E-state index is 11.1. The number of nitrogens with two attached hydrogens (primary N) is 1. The van der Waals surface area contributed by atoms with Crippen LogP contribution in [0.25, 0.3) is 11.1 Å². The Labute approximate surface area is 116 Å². The average Bonchev–Trinajstić information content (AvgIpc) is 2.72. The smallest absolute Gasteiger partial charge is 0.417 e. The number of fused-ring (bicyclic) bond motifs is 1. The van der Waals surface area contributed by atoms with Gasteiger partial charge in [-0.2, -0.15) is 0 Å². The molecule has 1 aromatic heterocycles. The van der Waals surface area contributed by atoms with Gasteiger partial charge in [0.25, 0.3) is 0 Å². The molecule has 0 amide bonds. The van der Waals surface area contributed by atoms with Crippen LogP contribution < -0.4 is 16.2 Å². The molecule has 3 N–H and O–H groups in total. The molecule has 2 aromatic carbocycles. The van der Waals surface area contributed by atoms with Crippen molar-refractivity contribution >= 4 is 32.7 Å². The molecule has 0 saturated carbocycles. The zero-order valence-electron chi connectivity index (χ0n) is 9.64. The van der Waals surface area contributed by atoms with Gasteiger partial charge in [0.15, 0.2) is 11.3 Å². The number of benzene rings is 2. The topological polar surface area (TPSA) is 81.2 Å². The molecule has 0 bridgehead atoms. The van der Waals surface area contributed by atoms with Gasteiger partial charge in [-0.05, 0) is 24.3 Å². The number of hydrogen-bond donors (Lipinski definition) is 2. The Morgan fingerprint density at radius 3 is 2.68 bits per heavy atom. The third-order valence-corrected chi connectivity index (χ3v) is 3.12. The Bertz CT molecular complexity index is 790. The predicted molar refractivity (Wildman–Crippen MR) is 75.5 cm³/mol. The average molecular weight is 321 g/mol. The molecule has 0 saturated heterocycles. The lowest BCUT2D eigenvalue weighted by molar-refractivity contribution is 0.485. The lowest BCUT2D eigenvalue weighted by Crippen LogP contribution is -1.93. The first kappa shape index (κ1) is 11.9. The summed E-state index contributed by atoms with van der Waals surface area (Å²) in [6, 6.07) is 10.5. The van der Waals surface area contributed by atoms with E-state index in [1.165, 1.54) is 0 Å². The minimum atomic E-state index is -0.518. The van der Waals surface area contributed by atoms with Gasteiger partial charge in [-0.25, -0.2) is 4.79 Å². The van der Waals surface area contributed by atoms with E-state index in [-0.39, 0.29) is 0 Å². The number of nitrogens with one attached hydrogen (secondary N) is 1. The summed E-state index contributed by atoms with van der Waals surface area (Å²) >= 11 is 3.35. The molecular weight excluding hydrogens is 312 g/mol. The van der Waals surface area contributed by atoms with Gasteiger partial charge in [-0.3, -0.25) is 4.98 Å². The molecule has 19 heavy (non-hydrogen) atoms. The van der Waals surface area contributed by atoms with Crippen LogP contribution in [0.15, 0.2) is 50.1 Å². The molecule has 0 aliphatic heterocycles. The van der Waals surface area contributed by atoms with Crippen molar-refractivity contribution in [3.63, 3.8) is 0 Å². The molecule has 0 aliphatic rings. The van der Waals surface area contributed by atoms with Gasteiger partial charge in [0.05, 0.1) is 11.2 Å². The van der Waals surface area contributed by atoms with Gasteiger partial charge in [0.1, 0.15) is 5.75 Å². The van der Waals surface area contributed by atoms with Gasteiger partial charge in [-0.15, -0.1) is 0 Å². The summed E-state index contributed by atoms with van der Waals surface area (Å²) in [5.74, 6) is 0.599. The summed E-state index contributed by atoms with van der Waals surface area (Å²) in [5, 5.41) is 0. The van der Waals surface area contributed by atoms with Crippen molar-refractivity contribution in [1.29, 1.82) is 0 Å². The summed E-state index contributed by atoms with van der Waals surface area (Å²) in [7, 11) is 0. The zero-order chi connectivity index (χ0) is 13.4. The van der Waals surface area contributed by atoms with Crippen LogP contribution in [0.4, 0.5) is 5.69 Å². The zero-order valence-corrected chi connectivity index (χ0v) is 11.2. The van der Waals surface area contributed by atoms with E-state index in [2.05, 4.69) is 20.9 Å². The first-order valence-corrected chi connectivity index (χ1v) is 6.27. The quantitative estimate of drug-likeness (QED) is 0.710. The fraction of sp³-hybridized carbons (Fsp3) is 0. The van der Waals surface area contributed by atoms with Crippen molar-refractivity contribution in [2.24, 2.45) is 0 Å². The van der Waals surface area contributed by atoms with Crippen molar-refractivity contribution in [2.45, 2.75) is 0 Å². The molecule has 0 unspecified atom stereocenters. The van der Waals surface area contributed by atoms with E-state index in [0.717, 1.165) is 4.47 Å². The van der Waals surface area contributed by atoms with Crippen LogP contribution in [0, 0.1) is 0 Å². The number of halogens is 1. The summed E-state index contributed by atoms with van der Waals surface area (Å²) in [5.41, 5.74) is 7.22. The van der Waals surface area contributed by atoms with Gasteiger partial charge in [-0.1, -0.05) is 15.9 Å². The van der Waals surface area contributed by atoms with Gasteiger partial charge in [0.2, 0.25) is 0 Å². The highest BCUT2D eigenvalue weighted by molar-refractivity contribution is 9.10. The fourth-order valence-corrected chi connectivity index (χ4v) is 1.98. The van der Waals surface area contributed by atoms with Crippen LogP contribution in [-0.4, -0.2) is 4.98 Å². The van der Waals surface area contributed by atoms with Gasteiger partial charge >= 0.3 is 5.76 Å². The SMILES string of the molecule is Nc1cc2oc(=O)[nH]c2cc1Oc1ccc(Br)cc1. The van der Waals surface area contributed by atoms with Gasteiger partial charge in [0, 0.05) is 16.6 Å². The Hall–Kier alpha value is -2.21. The van der Waals surface area contributed by atoms with Crippen molar-refractivity contribution < 1.29 is 9.15 Å². The highest BCUT2D eigenvalue weighted by atomic mass is 79.9. The monoisotopic (exact) mass is 320 g/mol. The number of rotatable bonds is 2. The number of aromatic nitrogens is 1. The Morgan fingerprint density at radius 1 is 1.21 bits per heavy atom. The molecule has 0 radical (unpaired) electrons. The predicted octanol–water partition coefficient (Wildman–Crippen LogP) is 3.26. The molecule has 5 nitrogen and oxygen atoms in total. The molecule has 3 aromatic rings.